The normalized spacial score (nSPS) is 20.1. The Morgan fingerprint density at radius 3 is 2.84 bits per heavy atom. The van der Waals surface area contributed by atoms with Crippen LogP contribution in [0.2, 0.25) is 5.15 Å². The number of nitrogens with zero attached hydrogens (tertiary/aromatic N) is 2. The lowest BCUT2D eigenvalue weighted by molar-refractivity contribution is -0.117. The fourth-order valence-electron chi connectivity index (χ4n) is 2.12. The van der Waals surface area contributed by atoms with Gasteiger partial charge in [0.25, 0.3) is 0 Å². The van der Waals surface area contributed by atoms with E-state index in [0.717, 1.165) is 0 Å². The molecular formula is C11H12ClFN2O3S. The third-order valence-corrected chi connectivity index (χ3v) is 4.22. The van der Waals surface area contributed by atoms with Gasteiger partial charge in [0.1, 0.15) is 5.15 Å². The van der Waals surface area contributed by atoms with E-state index >= 15 is 0 Å². The molecule has 1 atom stereocenters. The van der Waals surface area contributed by atoms with Gasteiger partial charge in [0.05, 0.1) is 17.6 Å². The van der Waals surface area contributed by atoms with Crippen molar-refractivity contribution in [2.24, 2.45) is 5.92 Å². The fourth-order valence-corrected chi connectivity index (χ4v) is 3.00. The maximum atomic E-state index is 12.6. The Kier molecular flexibility index (Phi) is 3.78. The Balaban J connectivity index is 2.18. The zero-order chi connectivity index (χ0) is 14.2. The maximum absolute atomic E-state index is 12.6. The fraction of sp³-hybridized carbons (Fsp3) is 0.455. The Hall–Kier alpha value is -1.21. The van der Waals surface area contributed by atoms with Crippen LogP contribution in [-0.4, -0.2) is 31.6 Å². The van der Waals surface area contributed by atoms with Gasteiger partial charge in [-0.1, -0.05) is 11.6 Å². The molecule has 19 heavy (non-hydrogen) atoms. The van der Waals surface area contributed by atoms with E-state index in [1.807, 2.05) is 0 Å². The van der Waals surface area contributed by atoms with Gasteiger partial charge in [-0.15, -0.1) is 3.89 Å². The summed E-state index contributed by atoms with van der Waals surface area (Å²) in [5.41, 5.74) is 1.26. The van der Waals surface area contributed by atoms with Gasteiger partial charge in [0.15, 0.2) is 0 Å². The molecule has 1 aliphatic heterocycles. The van der Waals surface area contributed by atoms with Gasteiger partial charge in [-0.3, -0.25) is 4.79 Å². The molecule has 5 nitrogen and oxygen atoms in total. The monoisotopic (exact) mass is 306 g/mol. The number of aryl methyl sites for hydroxylation is 1. The summed E-state index contributed by atoms with van der Waals surface area (Å²) in [4.78, 5) is 17.2. The molecule has 1 aliphatic rings. The molecule has 0 aromatic carbocycles. The first kappa shape index (κ1) is 14.2. The molecule has 1 unspecified atom stereocenters. The second-order valence-electron chi connectivity index (χ2n) is 4.58. The van der Waals surface area contributed by atoms with Gasteiger partial charge in [0, 0.05) is 18.9 Å². The molecule has 2 rings (SSSR count). The van der Waals surface area contributed by atoms with E-state index < -0.39 is 21.9 Å². The smallest absolute Gasteiger partial charge is 0.302 e. The van der Waals surface area contributed by atoms with E-state index in [0.29, 0.717) is 16.4 Å². The first-order valence-electron chi connectivity index (χ1n) is 5.61. The molecule has 104 valence electrons. The molecule has 0 bridgehead atoms. The SMILES string of the molecule is Cc1cc(N2CC(CS(=O)(=O)F)CC2=O)cnc1Cl. The third-order valence-electron chi connectivity index (χ3n) is 2.95. The second-order valence-corrected chi connectivity index (χ2v) is 6.35. The molecule has 1 fully saturated rings. The lowest BCUT2D eigenvalue weighted by Gasteiger charge is -2.16. The van der Waals surface area contributed by atoms with Gasteiger partial charge >= 0.3 is 10.2 Å². The molecule has 1 aromatic rings. The average Bonchev–Trinajstić information content (AvgIpc) is 2.61. The summed E-state index contributed by atoms with van der Waals surface area (Å²) in [6.07, 6.45) is 1.46. The number of hydrogen-bond acceptors (Lipinski definition) is 4. The molecule has 1 aromatic heterocycles. The number of carbonyl (C=O) groups excluding carboxylic acids is 1. The quantitative estimate of drug-likeness (QED) is 0.629. The van der Waals surface area contributed by atoms with Crippen molar-refractivity contribution in [2.75, 3.05) is 17.2 Å². The first-order chi connectivity index (χ1) is 8.76. The van der Waals surface area contributed by atoms with Crippen molar-refractivity contribution in [3.8, 4) is 0 Å². The Morgan fingerprint density at radius 1 is 1.58 bits per heavy atom. The molecular weight excluding hydrogens is 295 g/mol. The van der Waals surface area contributed by atoms with E-state index in [2.05, 4.69) is 4.98 Å². The summed E-state index contributed by atoms with van der Waals surface area (Å²) >= 11 is 5.80. The summed E-state index contributed by atoms with van der Waals surface area (Å²) in [5, 5.41) is 0.346. The van der Waals surface area contributed by atoms with E-state index in [9.17, 15) is 17.1 Å². The number of carbonyl (C=O) groups is 1. The summed E-state index contributed by atoms with van der Waals surface area (Å²) in [6.45, 7) is 1.92. The Morgan fingerprint density at radius 2 is 2.26 bits per heavy atom. The molecule has 1 saturated heterocycles. The Bertz CT molecular complexity index is 620. The van der Waals surface area contributed by atoms with Crippen LogP contribution in [0.15, 0.2) is 12.3 Å². The number of hydrogen-bond donors (Lipinski definition) is 0. The predicted octanol–water partition coefficient (Wildman–Crippen LogP) is 1.70. The summed E-state index contributed by atoms with van der Waals surface area (Å²) in [6, 6.07) is 1.69. The van der Waals surface area contributed by atoms with Crippen LogP contribution in [0.25, 0.3) is 0 Å². The average molecular weight is 307 g/mol. The number of aromatic nitrogens is 1. The molecule has 0 radical (unpaired) electrons. The van der Waals surface area contributed by atoms with Crippen LogP contribution < -0.4 is 4.90 Å². The molecule has 0 saturated carbocycles. The molecule has 8 heteroatoms. The topological polar surface area (TPSA) is 67.3 Å². The van der Waals surface area contributed by atoms with Crippen LogP contribution >= 0.6 is 11.6 Å². The van der Waals surface area contributed by atoms with Crippen molar-refractivity contribution in [1.29, 1.82) is 0 Å². The van der Waals surface area contributed by atoms with Crippen LogP contribution in [0.1, 0.15) is 12.0 Å². The first-order valence-corrected chi connectivity index (χ1v) is 7.54. The minimum absolute atomic E-state index is 0.0187. The largest absolute Gasteiger partial charge is 0.311 e. The van der Waals surface area contributed by atoms with E-state index in [1.165, 1.54) is 11.1 Å². The standard InChI is InChI=1S/C11H12ClFN2O3S/c1-7-2-9(4-14-11(7)12)15-5-8(3-10(15)16)6-19(13,17)18/h2,4,8H,3,5-6H2,1H3. The predicted molar refractivity (Wildman–Crippen MR) is 69.3 cm³/mol. The van der Waals surface area contributed by atoms with Crippen LogP contribution in [0, 0.1) is 12.8 Å². The molecule has 2 heterocycles. The van der Waals surface area contributed by atoms with E-state index in [-0.39, 0.29) is 18.9 Å². The minimum Gasteiger partial charge on any atom is -0.311 e. The molecule has 1 amide bonds. The molecule has 0 spiro atoms. The van der Waals surface area contributed by atoms with Gasteiger partial charge in [-0.05, 0) is 18.6 Å². The maximum Gasteiger partial charge on any atom is 0.302 e. The van der Waals surface area contributed by atoms with Crippen LogP contribution in [-0.2, 0) is 15.0 Å². The van der Waals surface area contributed by atoms with Gasteiger partial charge in [-0.2, -0.15) is 8.42 Å². The number of pyridine rings is 1. The van der Waals surface area contributed by atoms with Crippen molar-refractivity contribution in [1.82, 2.24) is 4.98 Å². The number of halogens is 2. The zero-order valence-corrected chi connectivity index (χ0v) is 11.7. The Labute approximate surface area is 115 Å². The summed E-state index contributed by atoms with van der Waals surface area (Å²) in [7, 11) is -4.57. The van der Waals surface area contributed by atoms with Crippen LogP contribution in [0.3, 0.4) is 0 Å². The van der Waals surface area contributed by atoms with Crippen LogP contribution in [0.5, 0.6) is 0 Å². The van der Waals surface area contributed by atoms with Crippen molar-refractivity contribution < 1.29 is 17.1 Å². The highest BCUT2D eigenvalue weighted by atomic mass is 35.5. The van der Waals surface area contributed by atoms with E-state index in [4.69, 9.17) is 11.6 Å². The zero-order valence-electron chi connectivity index (χ0n) is 10.1. The van der Waals surface area contributed by atoms with Crippen LogP contribution in [0.4, 0.5) is 9.57 Å². The van der Waals surface area contributed by atoms with Crippen molar-refractivity contribution >= 4 is 33.4 Å². The highest BCUT2D eigenvalue weighted by Crippen LogP contribution is 2.27. The van der Waals surface area contributed by atoms with Crippen molar-refractivity contribution in [2.45, 2.75) is 13.3 Å². The highest BCUT2D eigenvalue weighted by Gasteiger charge is 2.33. The molecule has 0 N–H and O–H groups in total. The van der Waals surface area contributed by atoms with Gasteiger partial charge in [0.2, 0.25) is 5.91 Å². The van der Waals surface area contributed by atoms with Gasteiger partial charge in [-0.25, -0.2) is 4.98 Å². The lowest BCUT2D eigenvalue weighted by Crippen LogP contribution is -2.25. The van der Waals surface area contributed by atoms with E-state index in [1.54, 1.807) is 13.0 Å². The number of anilines is 1. The van der Waals surface area contributed by atoms with Crippen molar-refractivity contribution in [3.63, 3.8) is 0 Å². The highest BCUT2D eigenvalue weighted by molar-refractivity contribution is 7.86. The number of rotatable bonds is 3. The lowest BCUT2D eigenvalue weighted by atomic mass is 10.1. The summed E-state index contributed by atoms with van der Waals surface area (Å²) in [5.74, 6) is -1.40. The number of amides is 1. The molecule has 0 aliphatic carbocycles. The third kappa shape index (κ3) is 3.42. The minimum atomic E-state index is -4.57. The van der Waals surface area contributed by atoms with Gasteiger partial charge < -0.3 is 4.90 Å². The summed E-state index contributed by atoms with van der Waals surface area (Å²) < 4.78 is 33.8. The van der Waals surface area contributed by atoms with Crippen molar-refractivity contribution in [3.05, 3.63) is 23.0 Å². The second kappa shape index (κ2) is 5.05.